The molecule has 0 saturated carbocycles. The third-order valence-corrected chi connectivity index (χ3v) is 3.01. The minimum Gasteiger partial charge on any atom is -0.760 e. The fourth-order valence-corrected chi connectivity index (χ4v) is 1.67. The maximum absolute atomic E-state index is 10.6. The fourth-order valence-electron chi connectivity index (χ4n) is 1.13. The molecule has 0 spiro atoms. The highest BCUT2D eigenvalue weighted by Gasteiger charge is 2.09. The first-order valence-corrected chi connectivity index (χ1v) is 5.53. The second-order valence-corrected chi connectivity index (χ2v) is 3.83. The lowest BCUT2D eigenvalue weighted by Gasteiger charge is -2.26. The molecule has 0 rings (SSSR count). The SMILES string of the molecule is CCC(CC)CN(CC)S(=O)[O-]. The molecule has 0 N–H and O–H groups in total. The van der Waals surface area contributed by atoms with Gasteiger partial charge in [0.05, 0.1) is 0 Å². The Balaban J connectivity index is 3.91. The summed E-state index contributed by atoms with van der Waals surface area (Å²) in [4.78, 5) is 0. The van der Waals surface area contributed by atoms with Crippen molar-refractivity contribution in [1.29, 1.82) is 0 Å². The van der Waals surface area contributed by atoms with Crippen LogP contribution < -0.4 is 0 Å². The van der Waals surface area contributed by atoms with Gasteiger partial charge in [-0.3, -0.25) is 4.21 Å². The zero-order chi connectivity index (χ0) is 9.56. The Labute approximate surface area is 77.6 Å². The summed E-state index contributed by atoms with van der Waals surface area (Å²) in [5, 5.41) is 0. The van der Waals surface area contributed by atoms with Gasteiger partial charge in [-0.05, 0) is 5.92 Å². The van der Waals surface area contributed by atoms with Gasteiger partial charge >= 0.3 is 0 Å². The van der Waals surface area contributed by atoms with Gasteiger partial charge in [0, 0.05) is 24.4 Å². The highest BCUT2D eigenvalue weighted by Crippen LogP contribution is 2.10. The van der Waals surface area contributed by atoms with E-state index in [0.717, 1.165) is 12.8 Å². The smallest absolute Gasteiger partial charge is 0.0209 e. The Hall–Kier alpha value is 0.0700. The van der Waals surface area contributed by atoms with E-state index in [9.17, 15) is 8.76 Å². The molecule has 0 aliphatic rings. The van der Waals surface area contributed by atoms with E-state index in [4.69, 9.17) is 0 Å². The van der Waals surface area contributed by atoms with Crippen LogP contribution >= 0.6 is 0 Å². The highest BCUT2D eigenvalue weighted by molar-refractivity contribution is 7.76. The Morgan fingerprint density at radius 3 is 2.08 bits per heavy atom. The molecule has 3 nitrogen and oxygen atoms in total. The second-order valence-electron chi connectivity index (χ2n) is 2.88. The number of rotatable bonds is 6. The summed E-state index contributed by atoms with van der Waals surface area (Å²) in [5.74, 6) is 0.503. The van der Waals surface area contributed by atoms with Crippen molar-refractivity contribution in [2.45, 2.75) is 33.6 Å². The van der Waals surface area contributed by atoms with E-state index in [2.05, 4.69) is 13.8 Å². The fraction of sp³-hybridized carbons (Fsp3) is 1.00. The van der Waals surface area contributed by atoms with Crippen molar-refractivity contribution in [2.24, 2.45) is 5.92 Å². The standard InChI is InChI=1S/C8H19NO2S/c1-4-8(5-2)7-9(6-3)12(10)11/h8H,4-7H2,1-3H3,(H,10,11)/p-1. The van der Waals surface area contributed by atoms with Crippen molar-refractivity contribution in [3.63, 3.8) is 0 Å². The molecule has 0 aromatic heterocycles. The quantitative estimate of drug-likeness (QED) is 0.599. The normalized spacial score (nSPS) is 14.2. The number of nitrogens with zero attached hydrogens (tertiary/aromatic N) is 1. The zero-order valence-corrected chi connectivity index (χ0v) is 8.89. The van der Waals surface area contributed by atoms with Gasteiger partial charge in [-0.1, -0.05) is 33.6 Å². The average Bonchev–Trinajstić information content (AvgIpc) is 2.06. The van der Waals surface area contributed by atoms with Crippen molar-refractivity contribution in [1.82, 2.24) is 4.31 Å². The summed E-state index contributed by atoms with van der Waals surface area (Å²) in [6.07, 6.45) is 2.09. The largest absolute Gasteiger partial charge is 0.760 e. The first-order chi connectivity index (χ1) is 5.65. The van der Waals surface area contributed by atoms with E-state index in [-0.39, 0.29) is 0 Å². The summed E-state index contributed by atoms with van der Waals surface area (Å²) in [6, 6.07) is 0. The molecule has 4 heteroatoms. The van der Waals surface area contributed by atoms with E-state index >= 15 is 0 Å². The third-order valence-electron chi connectivity index (χ3n) is 2.18. The van der Waals surface area contributed by atoms with Crippen molar-refractivity contribution >= 4 is 11.3 Å². The molecule has 74 valence electrons. The summed E-state index contributed by atoms with van der Waals surface area (Å²) in [5.41, 5.74) is 0. The van der Waals surface area contributed by atoms with Crippen LogP contribution in [0, 0.1) is 5.92 Å². The molecule has 0 aliphatic carbocycles. The second kappa shape index (κ2) is 6.57. The highest BCUT2D eigenvalue weighted by atomic mass is 32.2. The van der Waals surface area contributed by atoms with Crippen LogP contribution in [0.3, 0.4) is 0 Å². The summed E-state index contributed by atoms with van der Waals surface area (Å²) in [6.45, 7) is 7.29. The van der Waals surface area contributed by atoms with Gasteiger partial charge in [0.15, 0.2) is 0 Å². The molecular formula is C8H18NO2S-. The molecule has 0 aromatic carbocycles. The van der Waals surface area contributed by atoms with Crippen LogP contribution in [0.5, 0.6) is 0 Å². The Bertz CT molecular complexity index is 137. The Morgan fingerprint density at radius 1 is 1.33 bits per heavy atom. The van der Waals surface area contributed by atoms with E-state index in [0.29, 0.717) is 19.0 Å². The van der Waals surface area contributed by atoms with Gasteiger partial charge < -0.3 is 4.55 Å². The summed E-state index contributed by atoms with van der Waals surface area (Å²) >= 11 is -2.04. The van der Waals surface area contributed by atoms with Crippen molar-refractivity contribution in [2.75, 3.05) is 13.1 Å². The van der Waals surface area contributed by atoms with Gasteiger partial charge in [-0.25, -0.2) is 4.31 Å². The molecule has 0 amide bonds. The van der Waals surface area contributed by atoms with Crippen molar-refractivity contribution < 1.29 is 8.76 Å². The molecule has 0 bridgehead atoms. The van der Waals surface area contributed by atoms with Gasteiger partial charge in [-0.2, -0.15) is 0 Å². The Morgan fingerprint density at radius 2 is 1.83 bits per heavy atom. The molecule has 0 radical (unpaired) electrons. The lowest BCUT2D eigenvalue weighted by atomic mass is 10.0. The van der Waals surface area contributed by atoms with Gasteiger partial charge in [0.2, 0.25) is 0 Å². The number of hydrogen-bond acceptors (Lipinski definition) is 2. The average molecular weight is 192 g/mol. The molecule has 1 unspecified atom stereocenters. The number of hydrogen-bond donors (Lipinski definition) is 0. The van der Waals surface area contributed by atoms with Crippen LogP contribution in [0.15, 0.2) is 0 Å². The third kappa shape index (κ3) is 4.18. The van der Waals surface area contributed by atoms with Gasteiger partial charge in [-0.15, -0.1) is 0 Å². The van der Waals surface area contributed by atoms with E-state index in [1.54, 1.807) is 0 Å². The monoisotopic (exact) mass is 192 g/mol. The molecule has 0 fully saturated rings. The van der Waals surface area contributed by atoms with E-state index in [1.807, 2.05) is 6.92 Å². The minimum atomic E-state index is -2.04. The molecule has 0 heterocycles. The van der Waals surface area contributed by atoms with Crippen molar-refractivity contribution in [3.8, 4) is 0 Å². The van der Waals surface area contributed by atoms with Gasteiger partial charge in [0.25, 0.3) is 0 Å². The zero-order valence-electron chi connectivity index (χ0n) is 8.08. The lowest BCUT2D eigenvalue weighted by Crippen LogP contribution is -2.30. The van der Waals surface area contributed by atoms with Crippen LogP contribution in [0.1, 0.15) is 33.6 Å². The molecule has 0 saturated heterocycles. The maximum atomic E-state index is 10.6. The summed E-state index contributed by atoms with van der Waals surface area (Å²) < 4.78 is 22.7. The first kappa shape index (κ1) is 12.1. The molecule has 12 heavy (non-hydrogen) atoms. The lowest BCUT2D eigenvalue weighted by molar-refractivity contribution is 0.328. The topological polar surface area (TPSA) is 43.4 Å². The van der Waals surface area contributed by atoms with E-state index in [1.165, 1.54) is 4.31 Å². The van der Waals surface area contributed by atoms with Crippen LogP contribution in [0.4, 0.5) is 0 Å². The van der Waals surface area contributed by atoms with E-state index < -0.39 is 11.3 Å². The van der Waals surface area contributed by atoms with Crippen LogP contribution in [-0.4, -0.2) is 26.2 Å². The predicted molar refractivity (Wildman–Crippen MR) is 50.2 cm³/mol. The maximum Gasteiger partial charge on any atom is 0.0209 e. The van der Waals surface area contributed by atoms with Crippen molar-refractivity contribution in [3.05, 3.63) is 0 Å². The Kier molecular flexibility index (Phi) is 6.61. The van der Waals surface area contributed by atoms with Crippen LogP contribution in [-0.2, 0) is 11.3 Å². The van der Waals surface area contributed by atoms with Crippen LogP contribution in [0.25, 0.3) is 0 Å². The molecule has 0 aromatic rings. The van der Waals surface area contributed by atoms with Crippen LogP contribution in [0.2, 0.25) is 0 Å². The minimum absolute atomic E-state index is 0.503. The molecule has 0 aliphatic heterocycles. The first-order valence-electron chi connectivity index (χ1n) is 4.49. The molecular weight excluding hydrogens is 174 g/mol. The predicted octanol–water partition coefficient (Wildman–Crippen LogP) is 1.54. The van der Waals surface area contributed by atoms with Gasteiger partial charge in [0.1, 0.15) is 0 Å². The summed E-state index contributed by atoms with van der Waals surface area (Å²) in [7, 11) is 0. The molecule has 1 atom stereocenters.